The van der Waals surface area contributed by atoms with E-state index >= 15 is 0 Å². The van der Waals surface area contributed by atoms with E-state index in [4.69, 9.17) is 39.5 Å². The van der Waals surface area contributed by atoms with Crippen molar-refractivity contribution in [2.75, 3.05) is 5.32 Å². The van der Waals surface area contributed by atoms with Gasteiger partial charge in [-0.1, -0.05) is 59.1 Å². The first-order valence-electron chi connectivity index (χ1n) is 7.75. The predicted octanol–water partition coefficient (Wildman–Crippen LogP) is 6.48. The van der Waals surface area contributed by atoms with E-state index in [1.54, 1.807) is 60.7 Å². The van der Waals surface area contributed by atoms with Crippen LogP contribution in [0.25, 0.3) is 0 Å². The third-order valence-electron chi connectivity index (χ3n) is 3.61. The summed E-state index contributed by atoms with van der Waals surface area (Å²) in [5, 5.41) is 4.23. The number of benzene rings is 3. The van der Waals surface area contributed by atoms with Crippen LogP contribution >= 0.6 is 34.8 Å². The maximum atomic E-state index is 12.4. The number of para-hydroxylation sites is 1. The first kappa shape index (κ1) is 18.6. The number of ether oxygens (including phenoxy) is 1. The highest BCUT2D eigenvalue weighted by Gasteiger charge is 2.09. The van der Waals surface area contributed by atoms with E-state index in [9.17, 15) is 4.79 Å². The highest BCUT2D eigenvalue weighted by Crippen LogP contribution is 2.24. The molecule has 1 N–H and O–H groups in total. The Morgan fingerprint density at radius 1 is 0.846 bits per heavy atom. The molecule has 3 nitrogen and oxygen atoms in total. The van der Waals surface area contributed by atoms with Crippen molar-refractivity contribution in [1.29, 1.82) is 0 Å². The number of hydrogen-bond acceptors (Lipinski definition) is 2. The molecule has 1 amide bonds. The van der Waals surface area contributed by atoms with Gasteiger partial charge in [0.15, 0.2) is 0 Å². The second-order valence-corrected chi connectivity index (χ2v) is 6.72. The summed E-state index contributed by atoms with van der Waals surface area (Å²) in [6, 6.07) is 19.3. The summed E-state index contributed by atoms with van der Waals surface area (Å²) in [5.41, 5.74) is 1.91. The summed E-state index contributed by atoms with van der Waals surface area (Å²) < 4.78 is 5.74. The summed E-state index contributed by atoms with van der Waals surface area (Å²) >= 11 is 18.0. The van der Waals surface area contributed by atoms with Crippen molar-refractivity contribution < 1.29 is 9.53 Å². The lowest BCUT2D eigenvalue weighted by Gasteiger charge is -2.10. The Bertz CT molecular complexity index is 944. The first-order valence-corrected chi connectivity index (χ1v) is 8.89. The number of halogens is 3. The molecule has 0 aliphatic rings. The van der Waals surface area contributed by atoms with Gasteiger partial charge in [-0.25, -0.2) is 0 Å². The molecule has 0 aromatic heterocycles. The average molecular weight is 407 g/mol. The predicted molar refractivity (Wildman–Crippen MR) is 107 cm³/mol. The Labute approximate surface area is 166 Å². The zero-order chi connectivity index (χ0) is 18.5. The van der Waals surface area contributed by atoms with Gasteiger partial charge in [0.1, 0.15) is 12.4 Å². The lowest BCUT2D eigenvalue weighted by Crippen LogP contribution is -2.12. The van der Waals surface area contributed by atoms with Crippen LogP contribution < -0.4 is 10.1 Å². The zero-order valence-corrected chi connectivity index (χ0v) is 15.8. The van der Waals surface area contributed by atoms with E-state index in [1.165, 1.54) is 0 Å². The smallest absolute Gasteiger partial charge is 0.255 e. The molecule has 132 valence electrons. The summed E-state index contributed by atoms with van der Waals surface area (Å²) in [7, 11) is 0. The maximum absolute atomic E-state index is 12.4. The fraction of sp³-hybridized carbons (Fsp3) is 0.0500. The van der Waals surface area contributed by atoms with E-state index in [0.717, 1.165) is 5.56 Å². The summed E-state index contributed by atoms with van der Waals surface area (Å²) in [6.45, 7) is 0.312. The number of rotatable bonds is 5. The fourth-order valence-corrected chi connectivity index (χ4v) is 2.78. The molecule has 0 saturated carbocycles. The second-order valence-electron chi connectivity index (χ2n) is 5.50. The standard InChI is InChI=1S/C20H14Cl3NO2/c21-16-9-8-13(10-18(16)23)12-26-15-5-3-4-14(11-15)20(25)24-19-7-2-1-6-17(19)22/h1-11H,12H2,(H,24,25). The SMILES string of the molecule is O=C(Nc1ccccc1Cl)c1cccc(OCc2ccc(Cl)c(Cl)c2)c1. The molecule has 3 aromatic rings. The highest BCUT2D eigenvalue weighted by molar-refractivity contribution is 6.42. The van der Waals surface area contributed by atoms with Crippen LogP contribution in [0.5, 0.6) is 5.75 Å². The van der Waals surface area contributed by atoms with Crippen LogP contribution in [0.3, 0.4) is 0 Å². The van der Waals surface area contributed by atoms with Crippen molar-refractivity contribution in [3.05, 3.63) is 92.9 Å². The quantitative estimate of drug-likeness (QED) is 0.526. The van der Waals surface area contributed by atoms with Crippen LogP contribution in [0.15, 0.2) is 66.7 Å². The molecule has 0 fully saturated rings. The molecule has 6 heteroatoms. The molecule has 0 bridgehead atoms. The summed E-state index contributed by atoms with van der Waals surface area (Å²) in [5.74, 6) is 0.306. The van der Waals surface area contributed by atoms with Crippen molar-refractivity contribution in [2.45, 2.75) is 6.61 Å². The molecular formula is C20H14Cl3NO2. The third kappa shape index (κ3) is 4.70. The molecule has 0 unspecified atom stereocenters. The Hall–Kier alpha value is -2.20. The minimum absolute atomic E-state index is 0.266. The van der Waals surface area contributed by atoms with E-state index in [2.05, 4.69) is 5.32 Å². The van der Waals surface area contributed by atoms with E-state index in [1.807, 2.05) is 6.07 Å². The lowest BCUT2D eigenvalue weighted by atomic mass is 10.2. The summed E-state index contributed by atoms with van der Waals surface area (Å²) in [6.07, 6.45) is 0. The van der Waals surface area contributed by atoms with Crippen molar-refractivity contribution in [1.82, 2.24) is 0 Å². The number of amides is 1. The first-order chi connectivity index (χ1) is 12.5. The molecule has 0 spiro atoms. The number of hydrogen-bond donors (Lipinski definition) is 1. The van der Waals surface area contributed by atoms with Gasteiger partial charge in [-0.2, -0.15) is 0 Å². The Morgan fingerprint density at radius 3 is 2.42 bits per heavy atom. The minimum atomic E-state index is -0.266. The molecule has 3 aromatic carbocycles. The molecule has 0 aliphatic heterocycles. The fourth-order valence-electron chi connectivity index (χ4n) is 2.28. The molecule has 26 heavy (non-hydrogen) atoms. The molecule has 0 radical (unpaired) electrons. The van der Waals surface area contributed by atoms with Crippen LogP contribution in [0.2, 0.25) is 15.1 Å². The number of anilines is 1. The van der Waals surface area contributed by atoms with Gasteiger partial charge in [0.2, 0.25) is 0 Å². The van der Waals surface area contributed by atoms with Crippen LogP contribution in [-0.4, -0.2) is 5.91 Å². The molecule has 0 heterocycles. The van der Waals surface area contributed by atoms with Gasteiger partial charge < -0.3 is 10.1 Å². The van der Waals surface area contributed by atoms with Gasteiger partial charge >= 0.3 is 0 Å². The zero-order valence-electron chi connectivity index (χ0n) is 13.5. The van der Waals surface area contributed by atoms with E-state index < -0.39 is 0 Å². The van der Waals surface area contributed by atoms with Gasteiger partial charge in [-0.05, 0) is 48.0 Å². The topological polar surface area (TPSA) is 38.3 Å². The van der Waals surface area contributed by atoms with Crippen molar-refractivity contribution in [3.63, 3.8) is 0 Å². The minimum Gasteiger partial charge on any atom is -0.489 e. The number of carbonyl (C=O) groups excluding carboxylic acids is 1. The Kier molecular flexibility index (Phi) is 6.04. The normalized spacial score (nSPS) is 10.4. The molecule has 0 atom stereocenters. The van der Waals surface area contributed by atoms with Crippen LogP contribution in [0.4, 0.5) is 5.69 Å². The van der Waals surface area contributed by atoms with E-state index in [-0.39, 0.29) is 5.91 Å². The molecule has 0 aliphatic carbocycles. The largest absolute Gasteiger partial charge is 0.489 e. The highest BCUT2D eigenvalue weighted by atomic mass is 35.5. The van der Waals surface area contributed by atoms with Crippen molar-refractivity contribution in [2.24, 2.45) is 0 Å². The monoisotopic (exact) mass is 405 g/mol. The van der Waals surface area contributed by atoms with Gasteiger partial charge in [-0.3, -0.25) is 4.79 Å². The summed E-state index contributed by atoms with van der Waals surface area (Å²) in [4.78, 5) is 12.4. The molecule has 0 saturated heterocycles. The van der Waals surface area contributed by atoms with Crippen LogP contribution in [0.1, 0.15) is 15.9 Å². The number of carbonyl (C=O) groups is 1. The second kappa shape index (κ2) is 8.45. The maximum Gasteiger partial charge on any atom is 0.255 e. The average Bonchev–Trinajstić information content (AvgIpc) is 2.65. The van der Waals surface area contributed by atoms with Gasteiger partial charge in [0, 0.05) is 5.56 Å². The van der Waals surface area contributed by atoms with Crippen molar-refractivity contribution >= 4 is 46.4 Å². The van der Waals surface area contributed by atoms with Crippen LogP contribution in [0, 0.1) is 0 Å². The number of nitrogens with one attached hydrogen (secondary N) is 1. The van der Waals surface area contributed by atoms with Gasteiger partial charge in [0.05, 0.1) is 20.8 Å². The molecular weight excluding hydrogens is 393 g/mol. The third-order valence-corrected chi connectivity index (χ3v) is 4.68. The lowest BCUT2D eigenvalue weighted by molar-refractivity contribution is 0.102. The van der Waals surface area contributed by atoms with E-state index in [0.29, 0.717) is 38.7 Å². The van der Waals surface area contributed by atoms with Gasteiger partial charge in [-0.15, -0.1) is 0 Å². The van der Waals surface area contributed by atoms with Crippen molar-refractivity contribution in [3.8, 4) is 5.75 Å². The van der Waals surface area contributed by atoms with Gasteiger partial charge in [0.25, 0.3) is 5.91 Å². The Morgan fingerprint density at radius 2 is 1.65 bits per heavy atom. The Balaban J connectivity index is 1.68. The van der Waals surface area contributed by atoms with Crippen LogP contribution in [-0.2, 0) is 6.61 Å². The molecule has 3 rings (SSSR count).